The summed E-state index contributed by atoms with van der Waals surface area (Å²) in [6.45, 7) is 3.82. The highest BCUT2D eigenvalue weighted by atomic mass is 127. The highest BCUT2D eigenvalue weighted by Crippen LogP contribution is 2.25. The van der Waals surface area contributed by atoms with Crippen LogP contribution in [0.2, 0.25) is 5.02 Å². The molecule has 2 N–H and O–H groups in total. The van der Waals surface area contributed by atoms with E-state index in [1.54, 1.807) is 6.20 Å². The highest BCUT2D eigenvalue weighted by molar-refractivity contribution is 14.0. The van der Waals surface area contributed by atoms with E-state index in [0.717, 1.165) is 50.8 Å². The number of hydrogen-bond acceptors (Lipinski definition) is 4. The van der Waals surface area contributed by atoms with Gasteiger partial charge in [-0.05, 0) is 45.6 Å². The first-order valence-corrected chi connectivity index (χ1v) is 8.45. The van der Waals surface area contributed by atoms with Crippen molar-refractivity contribution in [2.75, 3.05) is 52.2 Å². The van der Waals surface area contributed by atoms with Crippen LogP contribution in [0.15, 0.2) is 23.3 Å². The van der Waals surface area contributed by atoms with Gasteiger partial charge in [0.25, 0.3) is 0 Å². The zero-order valence-corrected chi connectivity index (χ0v) is 17.7. The summed E-state index contributed by atoms with van der Waals surface area (Å²) in [5, 5.41) is 7.56. The van der Waals surface area contributed by atoms with Gasteiger partial charge in [0.1, 0.15) is 5.82 Å². The molecule has 1 unspecified atom stereocenters. The van der Waals surface area contributed by atoms with Crippen molar-refractivity contribution in [3.05, 3.63) is 23.4 Å². The number of anilines is 1. The summed E-state index contributed by atoms with van der Waals surface area (Å²) in [5.74, 6) is 1.73. The van der Waals surface area contributed by atoms with Crippen LogP contribution in [0.5, 0.6) is 0 Å². The zero-order chi connectivity index (χ0) is 16.7. The van der Waals surface area contributed by atoms with Crippen LogP contribution in [0.3, 0.4) is 0 Å². The molecule has 1 aliphatic rings. The lowest BCUT2D eigenvalue weighted by Gasteiger charge is -2.20. The van der Waals surface area contributed by atoms with Crippen LogP contribution in [-0.2, 0) is 0 Å². The minimum Gasteiger partial charge on any atom is -0.356 e. The van der Waals surface area contributed by atoms with E-state index in [1.165, 1.54) is 0 Å². The Kier molecular flexibility index (Phi) is 9.68. The molecule has 0 radical (unpaired) electrons. The maximum absolute atomic E-state index is 6.23. The quantitative estimate of drug-likeness (QED) is 0.291. The van der Waals surface area contributed by atoms with E-state index in [-0.39, 0.29) is 24.0 Å². The number of nitrogens with one attached hydrogen (secondary N) is 2. The monoisotopic (exact) mass is 466 g/mol. The molecular weight excluding hydrogens is 439 g/mol. The Labute approximate surface area is 167 Å². The molecule has 2 heterocycles. The van der Waals surface area contributed by atoms with Crippen molar-refractivity contribution in [3.8, 4) is 0 Å². The SMILES string of the molecule is CN=C(NCCCN(C)C)NC1CCN(c2ncccc2Cl)C1.I. The molecule has 1 fully saturated rings. The molecule has 2 rings (SSSR count). The van der Waals surface area contributed by atoms with E-state index in [0.29, 0.717) is 11.1 Å². The van der Waals surface area contributed by atoms with E-state index < -0.39 is 0 Å². The average molecular weight is 467 g/mol. The van der Waals surface area contributed by atoms with Crippen LogP contribution >= 0.6 is 35.6 Å². The summed E-state index contributed by atoms with van der Waals surface area (Å²) in [5.41, 5.74) is 0. The minimum absolute atomic E-state index is 0. The maximum atomic E-state index is 6.23. The Balaban J connectivity index is 0.00000288. The van der Waals surface area contributed by atoms with Crippen molar-refractivity contribution < 1.29 is 0 Å². The van der Waals surface area contributed by atoms with Crippen LogP contribution in [0, 0.1) is 0 Å². The predicted octanol–water partition coefficient (Wildman–Crippen LogP) is 2.05. The normalized spacial score (nSPS) is 17.8. The van der Waals surface area contributed by atoms with Gasteiger partial charge < -0.3 is 20.4 Å². The van der Waals surface area contributed by atoms with Crippen LogP contribution in [0.25, 0.3) is 0 Å². The topological polar surface area (TPSA) is 55.8 Å². The molecule has 24 heavy (non-hydrogen) atoms. The second-order valence-corrected chi connectivity index (χ2v) is 6.45. The van der Waals surface area contributed by atoms with Gasteiger partial charge in [-0.3, -0.25) is 4.99 Å². The van der Waals surface area contributed by atoms with Crippen molar-refractivity contribution >= 4 is 47.4 Å². The lowest BCUT2D eigenvalue weighted by molar-refractivity contribution is 0.399. The molecular formula is C16H28ClIN6. The van der Waals surface area contributed by atoms with Gasteiger partial charge in [0.2, 0.25) is 0 Å². The third kappa shape index (κ3) is 6.60. The molecule has 0 aliphatic carbocycles. The zero-order valence-electron chi connectivity index (χ0n) is 14.6. The van der Waals surface area contributed by atoms with Crippen LogP contribution in [0.1, 0.15) is 12.8 Å². The smallest absolute Gasteiger partial charge is 0.191 e. The van der Waals surface area contributed by atoms with Gasteiger partial charge in [-0.2, -0.15) is 0 Å². The molecule has 136 valence electrons. The van der Waals surface area contributed by atoms with Crippen molar-refractivity contribution in [2.24, 2.45) is 4.99 Å². The number of nitrogens with zero attached hydrogens (tertiary/aromatic N) is 4. The molecule has 0 bridgehead atoms. The molecule has 1 aliphatic heterocycles. The third-order valence-electron chi connectivity index (χ3n) is 3.87. The molecule has 0 aromatic carbocycles. The molecule has 1 aromatic rings. The van der Waals surface area contributed by atoms with Crippen LogP contribution in [0.4, 0.5) is 5.82 Å². The van der Waals surface area contributed by atoms with Gasteiger partial charge in [-0.1, -0.05) is 11.6 Å². The van der Waals surface area contributed by atoms with Crippen molar-refractivity contribution in [1.29, 1.82) is 0 Å². The number of pyridine rings is 1. The Hall–Kier alpha value is -0.800. The summed E-state index contributed by atoms with van der Waals surface area (Å²) in [4.78, 5) is 13.1. The van der Waals surface area contributed by atoms with Gasteiger partial charge in [-0.25, -0.2) is 4.98 Å². The van der Waals surface area contributed by atoms with E-state index >= 15 is 0 Å². The number of hydrogen-bond donors (Lipinski definition) is 2. The summed E-state index contributed by atoms with van der Waals surface area (Å²) in [6, 6.07) is 4.10. The summed E-state index contributed by atoms with van der Waals surface area (Å²) < 4.78 is 0. The van der Waals surface area contributed by atoms with E-state index in [2.05, 4.69) is 44.5 Å². The van der Waals surface area contributed by atoms with Gasteiger partial charge in [0, 0.05) is 38.9 Å². The van der Waals surface area contributed by atoms with Gasteiger partial charge in [0.05, 0.1) is 5.02 Å². The second-order valence-electron chi connectivity index (χ2n) is 6.04. The van der Waals surface area contributed by atoms with Gasteiger partial charge in [0.15, 0.2) is 5.96 Å². The molecule has 0 amide bonds. The first kappa shape index (κ1) is 21.2. The Morgan fingerprint density at radius 3 is 2.96 bits per heavy atom. The molecule has 8 heteroatoms. The first-order valence-electron chi connectivity index (χ1n) is 8.07. The van der Waals surface area contributed by atoms with Crippen LogP contribution in [-0.4, -0.2) is 69.2 Å². The molecule has 0 spiro atoms. The van der Waals surface area contributed by atoms with Crippen molar-refractivity contribution in [2.45, 2.75) is 18.9 Å². The number of rotatable bonds is 6. The van der Waals surface area contributed by atoms with E-state index in [4.69, 9.17) is 11.6 Å². The summed E-state index contributed by atoms with van der Waals surface area (Å²) in [7, 11) is 5.98. The van der Waals surface area contributed by atoms with Crippen molar-refractivity contribution in [3.63, 3.8) is 0 Å². The fraction of sp³-hybridized carbons (Fsp3) is 0.625. The fourth-order valence-electron chi connectivity index (χ4n) is 2.67. The number of aliphatic imine (C=N–C) groups is 1. The molecule has 0 saturated carbocycles. The number of aromatic nitrogens is 1. The largest absolute Gasteiger partial charge is 0.356 e. The predicted molar refractivity (Wildman–Crippen MR) is 113 cm³/mol. The Bertz CT molecular complexity index is 525. The third-order valence-corrected chi connectivity index (χ3v) is 4.16. The lowest BCUT2D eigenvalue weighted by Crippen LogP contribution is -2.45. The average Bonchev–Trinajstić information content (AvgIpc) is 2.98. The lowest BCUT2D eigenvalue weighted by atomic mass is 10.3. The Morgan fingerprint density at radius 1 is 1.50 bits per heavy atom. The number of guanidine groups is 1. The maximum Gasteiger partial charge on any atom is 0.191 e. The second kappa shape index (κ2) is 10.9. The number of halogens is 2. The summed E-state index contributed by atoms with van der Waals surface area (Å²) >= 11 is 6.23. The van der Waals surface area contributed by atoms with Crippen molar-refractivity contribution in [1.82, 2.24) is 20.5 Å². The van der Waals surface area contributed by atoms with Gasteiger partial charge >= 0.3 is 0 Å². The van der Waals surface area contributed by atoms with E-state index in [9.17, 15) is 0 Å². The highest BCUT2D eigenvalue weighted by Gasteiger charge is 2.25. The summed E-state index contributed by atoms with van der Waals surface area (Å²) in [6.07, 6.45) is 3.92. The minimum atomic E-state index is 0. The Morgan fingerprint density at radius 2 is 2.29 bits per heavy atom. The molecule has 6 nitrogen and oxygen atoms in total. The standard InChI is InChI=1S/C16H27ClN6.HI/c1-18-16(20-9-5-10-22(2)3)21-13-7-11-23(12-13)15-14(17)6-4-8-19-15;/h4,6,8,13H,5,7,9-12H2,1-3H3,(H2,18,20,21);1H. The molecule has 1 aromatic heterocycles. The van der Waals surface area contributed by atoms with Crippen LogP contribution < -0.4 is 15.5 Å². The molecule has 1 atom stereocenters. The van der Waals surface area contributed by atoms with E-state index in [1.807, 2.05) is 19.2 Å². The molecule has 1 saturated heterocycles. The van der Waals surface area contributed by atoms with Gasteiger partial charge in [-0.15, -0.1) is 24.0 Å². The fourth-order valence-corrected chi connectivity index (χ4v) is 2.91. The first-order chi connectivity index (χ1) is 11.1.